The smallest absolute Gasteiger partial charge is 0.361 e. The quantitative estimate of drug-likeness (QED) is 0.780. The van der Waals surface area contributed by atoms with Gasteiger partial charge in [0.15, 0.2) is 5.69 Å². The fourth-order valence-electron chi connectivity index (χ4n) is 1.56. The molecule has 0 saturated carbocycles. The number of rotatable bonds is 5. The number of carbonyl (C=O) groups excluding carboxylic acids is 2. The zero-order chi connectivity index (χ0) is 14.5. The molecule has 0 bridgehead atoms. The van der Waals surface area contributed by atoms with Gasteiger partial charge in [0.1, 0.15) is 0 Å². The molecule has 8 heteroatoms. The van der Waals surface area contributed by atoms with Crippen LogP contribution in [0.2, 0.25) is 0 Å². The van der Waals surface area contributed by atoms with E-state index in [0.717, 1.165) is 0 Å². The molecule has 0 radical (unpaired) electrons. The topological polar surface area (TPSA) is 83.3 Å². The molecule has 2 aromatic heterocycles. The predicted octanol–water partition coefficient (Wildman–Crippen LogP) is 1.68. The summed E-state index contributed by atoms with van der Waals surface area (Å²) in [5, 5.41) is 11.2. The lowest BCUT2D eigenvalue weighted by molar-refractivity contribution is 0.0469. The van der Waals surface area contributed by atoms with Crippen molar-refractivity contribution in [2.24, 2.45) is 0 Å². The molecule has 20 heavy (non-hydrogen) atoms. The lowest BCUT2D eigenvalue weighted by Crippen LogP contribution is -2.17. The van der Waals surface area contributed by atoms with Gasteiger partial charge in [-0.1, -0.05) is 5.21 Å². The van der Waals surface area contributed by atoms with Crippen molar-refractivity contribution in [3.8, 4) is 5.69 Å². The highest BCUT2D eigenvalue weighted by Crippen LogP contribution is 2.17. The van der Waals surface area contributed by atoms with E-state index in [-0.39, 0.29) is 24.6 Å². The van der Waals surface area contributed by atoms with Gasteiger partial charge in [-0.3, -0.25) is 0 Å². The molecule has 0 aromatic carbocycles. The highest BCUT2D eigenvalue weighted by molar-refractivity contribution is 7.08. The number of aromatic nitrogens is 3. The van der Waals surface area contributed by atoms with Crippen molar-refractivity contribution in [3.05, 3.63) is 28.2 Å². The SMILES string of the molecule is CCOC(=O)c1nnn(-c2ccsc2)c1C(=O)OCC. The van der Waals surface area contributed by atoms with Crippen LogP contribution in [0.4, 0.5) is 0 Å². The maximum atomic E-state index is 12.0. The highest BCUT2D eigenvalue weighted by Gasteiger charge is 2.28. The average Bonchev–Trinajstić information content (AvgIpc) is 3.08. The van der Waals surface area contributed by atoms with Crippen molar-refractivity contribution in [3.63, 3.8) is 0 Å². The summed E-state index contributed by atoms with van der Waals surface area (Å²) in [5.74, 6) is -1.36. The molecule has 0 unspecified atom stereocenters. The molecule has 0 amide bonds. The molecule has 0 spiro atoms. The van der Waals surface area contributed by atoms with Crippen LogP contribution in [0.3, 0.4) is 0 Å². The van der Waals surface area contributed by atoms with Crippen LogP contribution in [0.5, 0.6) is 0 Å². The first kappa shape index (κ1) is 14.2. The van der Waals surface area contributed by atoms with Crippen LogP contribution in [0.25, 0.3) is 5.69 Å². The standard InChI is InChI=1S/C12H13N3O4S/c1-3-18-11(16)9-10(12(17)19-4-2)15(14-13-9)8-5-6-20-7-8/h5-7H,3-4H2,1-2H3. The van der Waals surface area contributed by atoms with Crippen LogP contribution in [-0.2, 0) is 9.47 Å². The van der Waals surface area contributed by atoms with Crippen LogP contribution in [0.1, 0.15) is 34.8 Å². The van der Waals surface area contributed by atoms with Crippen LogP contribution in [0.15, 0.2) is 16.8 Å². The van der Waals surface area contributed by atoms with E-state index in [4.69, 9.17) is 9.47 Å². The molecular formula is C12H13N3O4S. The van der Waals surface area contributed by atoms with Crippen molar-refractivity contribution in [2.75, 3.05) is 13.2 Å². The van der Waals surface area contributed by atoms with Crippen molar-refractivity contribution in [2.45, 2.75) is 13.8 Å². The summed E-state index contributed by atoms with van der Waals surface area (Å²) in [7, 11) is 0. The highest BCUT2D eigenvalue weighted by atomic mass is 32.1. The third kappa shape index (κ3) is 2.69. The van der Waals surface area contributed by atoms with E-state index in [1.807, 2.05) is 5.38 Å². The second-order valence-corrected chi connectivity index (χ2v) is 4.40. The zero-order valence-electron chi connectivity index (χ0n) is 11.0. The Labute approximate surface area is 119 Å². The number of thiophene rings is 1. The molecule has 0 fully saturated rings. The average molecular weight is 295 g/mol. The summed E-state index contributed by atoms with van der Waals surface area (Å²) >= 11 is 1.44. The summed E-state index contributed by atoms with van der Waals surface area (Å²) in [6.45, 7) is 3.73. The Morgan fingerprint density at radius 2 is 1.95 bits per heavy atom. The maximum absolute atomic E-state index is 12.0. The molecule has 2 aromatic rings. The molecule has 2 rings (SSSR count). The lowest BCUT2D eigenvalue weighted by atomic mass is 10.3. The largest absolute Gasteiger partial charge is 0.461 e. The summed E-state index contributed by atoms with van der Waals surface area (Å²) in [6, 6.07) is 1.76. The van der Waals surface area contributed by atoms with Crippen LogP contribution >= 0.6 is 11.3 Å². The van der Waals surface area contributed by atoms with Gasteiger partial charge in [-0.05, 0) is 25.3 Å². The van der Waals surface area contributed by atoms with Gasteiger partial charge in [0, 0.05) is 5.38 Å². The minimum atomic E-state index is -0.697. The third-order valence-electron chi connectivity index (χ3n) is 2.36. The van der Waals surface area contributed by atoms with Crippen molar-refractivity contribution in [1.29, 1.82) is 0 Å². The molecule has 0 saturated heterocycles. The molecular weight excluding hydrogens is 282 g/mol. The molecule has 0 atom stereocenters. The third-order valence-corrected chi connectivity index (χ3v) is 3.03. The van der Waals surface area contributed by atoms with Crippen LogP contribution in [-0.4, -0.2) is 40.1 Å². The van der Waals surface area contributed by atoms with E-state index >= 15 is 0 Å². The van der Waals surface area contributed by atoms with Gasteiger partial charge < -0.3 is 9.47 Å². The van der Waals surface area contributed by atoms with Gasteiger partial charge in [-0.25, -0.2) is 14.3 Å². The first-order chi connectivity index (χ1) is 9.69. The van der Waals surface area contributed by atoms with Gasteiger partial charge in [-0.15, -0.1) is 5.10 Å². The van der Waals surface area contributed by atoms with Crippen LogP contribution < -0.4 is 0 Å². The van der Waals surface area contributed by atoms with Crippen molar-refractivity contribution < 1.29 is 19.1 Å². The monoisotopic (exact) mass is 295 g/mol. The van der Waals surface area contributed by atoms with Gasteiger partial charge in [0.05, 0.1) is 18.9 Å². The summed E-state index contributed by atoms with van der Waals surface area (Å²) in [6.07, 6.45) is 0. The van der Waals surface area contributed by atoms with E-state index in [9.17, 15) is 9.59 Å². The van der Waals surface area contributed by atoms with E-state index in [0.29, 0.717) is 5.69 Å². The van der Waals surface area contributed by atoms with Gasteiger partial charge in [0.2, 0.25) is 5.69 Å². The number of esters is 2. The van der Waals surface area contributed by atoms with E-state index < -0.39 is 11.9 Å². The van der Waals surface area contributed by atoms with E-state index in [1.54, 1.807) is 25.3 Å². The fourth-order valence-corrected chi connectivity index (χ4v) is 2.17. The number of ether oxygens (including phenoxy) is 2. The number of nitrogens with zero attached hydrogens (tertiary/aromatic N) is 3. The fraction of sp³-hybridized carbons (Fsp3) is 0.333. The Bertz CT molecular complexity index is 606. The number of carbonyl (C=O) groups is 2. The first-order valence-corrected chi connectivity index (χ1v) is 6.95. The van der Waals surface area contributed by atoms with Crippen molar-refractivity contribution >= 4 is 23.3 Å². The Morgan fingerprint density at radius 1 is 1.25 bits per heavy atom. The van der Waals surface area contributed by atoms with Gasteiger partial charge in [-0.2, -0.15) is 11.3 Å². The molecule has 106 valence electrons. The number of hydrogen-bond donors (Lipinski definition) is 0. The predicted molar refractivity (Wildman–Crippen MR) is 71.1 cm³/mol. The molecule has 0 aliphatic carbocycles. The molecule has 0 aliphatic heterocycles. The lowest BCUT2D eigenvalue weighted by Gasteiger charge is -2.05. The normalized spacial score (nSPS) is 10.3. The van der Waals surface area contributed by atoms with E-state index in [1.165, 1.54) is 16.0 Å². The molecule has 7 nitrogen and oxygen atoms in total. The second kappa shape index (κ2) is 6.29. The molecule has 2 heterocycles. The van der Waals surface area contributed by atoms with Gasteiger partial charge in [0.25, 0.3) is 0 Å². The Morgan fingerprint density at radius 3 is 2.55 bits per heavy atom. The first-order valence-electron chi connectivity index (χ1n) is 6.01. The molecule has 0 aliphatic rings. The van der Waals surface area contributed by atoms with E-state index in [2.05, 4.69) is 10.3 Å². The summed E-state index contributed by atoms with van der Waals surface area (Å²) < 4.78 is 11.1. The van der Waals surface area contributed by atoms with Crippen molar-refractivity contribution in [1.82, 2.24) is 15.0 Å². The van der Waals surface area contributed by atoms with Crippen LogP contribution in [0, 0.1) is 0 Å². The van der Waals surface area contributed by atoms with Gasteiger partial charge >= 0.3 is 11.9 Å². The summed E-state index contributed by atoms with van der Waals surface area (Å²) in [5.41, 5.74) is 0.473. The second-order valence-electron chi connectivity index (χ2n) is 3.62. The Hall–Kier alpha value is -2.22. The maximum Gasteiger partial charge on any atom is 0.361 e. The minimum Gasteiger partial charge on any atom is -0.461 e. The Kier molecular flexibility index (Phi) is 4.46. The number of hydrogen-bond acceptors (Lipinski definition) is 7. The zero-order valence-corrected chi connectivity index (χ0v) is 11.8. The Balaban J connectivity index is 2.48. The summed E-state index contributed by atoms with van der Waals surface area (Å²) in [4.78, 5) is 23.8. The molecule has 0 N–H and O–H groups in total. The minimum absolute atomic E-state index is 0.0244.